The van der Waals surface area contributed by atoms with E-state index in [0.29, 0.717) is 21.8 Å². The Kier molecular flexibility index (Phi) is 4.43. The van der Waals surface area contributed by atoms with Gasteiger partial charge in [-0.15, -0.1) is 0 Å². The first-order valence-electron chi connectivity index (χ1n) is 8.14. The van der Waals surface area contributed by atoms with E-state index in [1.54, 1.807) is 41.1 Å². The van der Waals surface area contributed by atoms with Gasteiger partial charge in [-0.05, 0) is 66.8 Å². The Morgan fingerprint density at radius 1 is 1.11 bits per heavy atom. The van der Waals surface area contributed by atoms with E-state index in [2.05, 4.69) is 10.3 Å². The van der Waals surface area contributed by atoms with Gasteiger partial charge in [-0.25, -0.2) is 4.39 Å². The number of aromatic amines is 1. The average Bonchev–Trinajstić information content (AvgIpc) is 3.32. The van der Waals surface area contributed by atoms with Crippen LogP contribution in [-0.4, -0.2) is 15.5 Å². The highest BCUT2D eigenvalue weighted by molar-refractivity contribution is 7.71. The van der Waals surface area contributed by atoms with E-state index in [0.717, 1.165) is 5.69 Å². The van der Waals surface area contributed by atoms with Crippen molar-refractivity contribution in [3.05, 3.63) is 89.4 Å². The van der Waals surface area contributed by atoms with Gasteiger partial charge in [0.25, 0.3) is 5.91 Å². The molecule has 0 aliphatic carbocycles. The maximum atomic E-state index is 13.0. The highest BCUT2D eigenvalue weighted by atomic mass is 32.1. The molecule has 0 saturated carbocycles. The quantitative estimate of drug-likeness (QED) is 0.480. The van der Waals surface area contributed by atoms with Crippen LogP contribution in [0.2, 0.25) is 0 Å². The van der Waals surface area contributed by atoms with Crippen molar-refractivity contribution in [1.29, 1.82) is 0 Å². The summed E-state index contributed by atoms with van der Waals surface area (Å²) in [7, 11) is 0. The Morgan fingerprint density at radius 3 is 2.67 bits per heavy atom. The van der Waals surface area contributed by atoms with E-state index in [1.165, 1.54) is 12.1 Å². The van der Waals surface area contributed by atoms with Gasteiger partial charge in [0.15, 0.2) is 10.5 Å². The van der Waals surface area contributed by atoms with Gasteiger partial charge in [-0.1, -0.05) is 6.07 Å². The van der Waals surface area contributed by atoms with Gasteiger partial charge < -0.3 is 14.7 Å². The molecule has 5 nitrogen and oxygen atoms in total. The number of amides is 1. The van der Waals surface area contributed by atoms with Gasteiger partial charge in [-0.3, -0.25) is 9.36 Å². The van der Waals surface area contributed by atoms with Gasteiger partial charge in [0.2, 0.25) is 0 Å². The molecule has 0 radical (unpaired) electrons. The minimum atomic E-state index is -0.377. The van der Waals surface area contributed by atoms with Gasteiger partial charge in [-0.2, -0.15) is 0 Å². The van der Waals surface area contributed by atoms with Gasteiger partial charge in [0.05, 0.1) is 0 Å². The Hall–Kier alpha value is -3.45. The summed E-state index contributed by atoms with van der Waals surface area (Å²) < 4.78 is 21.0. The van der Waals surface area contributed by atoms with E-state index < -0.39 is 0 Å². The lowest BCUT2D eigenvalue weighted by Gasteiger charge is -2.07. The molecule has 0 unspecified atom stereocenters. The molecule has 4 rings (SSSR count). The minimum Gasteiger partial charge on any atom is -0.451 e. The van der Waals surface area contributed by atoms with Crippen LogP contribution in [0.25, 0.3) is 17.0 Å². The molecule has 0 fully saturated rings. The molecule has 0 aliphatic rings. The highest BCUT2D eigenvalue weighted by Crippen LogP contribution is 2.23. The van der Waals surface area contributed by atoms with Gasteiger partial charge in [0.1, 0.15) is 11.6 Å². The number of aromatic nitrogens is 2. The number of nitrogens with zero attached hydrogens (tertiary/aromatic N) is 1. The third kappa shape index (κ3) is 3.58. The number of carbonyl (C=O) groups excluding carboxylic acids is 1. The zero-order chi connectivity index (χ0) is 18.8. The van der Waals surface area contributed by atoms with E-state index in [1.807, 2.05) is 24.4 Å². The Balaban J connectivity index is 1.54. The lowest BCUT2D eigenvalue weighted by atomic mass is 10.2. The molecule has 134 valence electrons. The molecule has 0 saturated heterocycles. The molecular weight excluding hydrogens is 365 g/mol. The number of imidazole rings is 1. The molecule has 0 bridgehead atoms. The summed E-state index contributed by atoms with van der Waals surface area (Å²) in [4.78, 5) is 15.4. The van der Waals surface area contributed by atoms with E-state index in [4.69, 9.17) is 16.6 Å². The van der Waals surface area contributed by atoms with Crippen LogP contribution in [0.5, 0.6) is 0 Å². The smallest absolute Gasteiger partial charge is 0.291 e. The second-order valence-electron chi connectivity index (χ2n) is 5.81. The van der Waals surface area contributed by atoms with Crippen LogP contribution >= 0.6 is 12.2 Å². The molecule has 0 aliphatic heterocycles. The number of H-pyrrole nitrogens is 1. The fraction of sp³-hybridized carbons (Fsp3) is 0. The first-order chi connectivity index (χ1) is 13.1. The van der Waals surface area contributed by atoms with Crippen molar-refractivity contribution in [3.8, 4) is 17.0 Å². The molecular formula is C20H14FN3O2S. The monoisotopic (exact) mass is 379 g/mol. The third-order valence-electron chi connectivity index (χ3n) is 3.99. The fourth-order valence-corrected chi connectivity index (χ4v) is 2.91. The number of benzene rings is 2. The number of hydrogen-bond acceptors (Lipinski definition) is 3. The summed E-state index contributed by atoms with van der Waals surface area (Å²) in [5, 5.41) is 2.80. The SMILES string of the molecule is O=C(Nc1cccc(-n2cc[nH]c2=S)c1)c1ccc(-c2ccc(F)cc2)o1. The molecule has 0 spiro atoms. The Bertz CT molecular complexity index is 1160. The number of furan rings is 1. The van der Waals surface area contributed by atoms with Crippen molar-refractivity contribution in [2.75, 3.05) is 5.32 Å². The van der Waals surface area contributed by atoms with Gasteiger partial charge in [0, 0.05) is 29.3 Å². The fourth-order valence-electron chi connectivity index (χ4n) is 2.68. The normalized spacial score (nSPS) is 10.7. The van der Waals surface area contributed by atoms with E-state index in [9.17, 15) is 9.18 Å². The first kappa shape index (κ1) is 17.0. The highest BCUT2D eigenvalue weighted by Gasteiger charge is 2.13. The zero-order valence-electron chi connectivity index (χ0n) is 14.0. The molecule has 2 heterocycles. The van der Waals surface area contributed by atoms with Crippen LogP contribution in [0.3, 0.4) is 0 Å². The van der Waals surface area contributed by atoms with E-state index >= 15 is 0 Å². The topological polar surface area (TPSA) is 63.0 Å². The van der Waals surface area contributed by atoms with Crippen molar-refractivity contribution < 1.29 is 13.6 Å². The largest absolute Gasteiger partial charge is 0.451 e. The summed E-state index contributed by atoms with van der Waals surface area (Å²) in [6.45, 7) is 0. The number of nitrogens with one attached hydrogen (secondary N) is 2. The van der Waals surface area contributed by atoms with Crippen LogP contribution < -0.4 is 5.32 Å². The molecule has 2 N–H and O–H groups in total. The van der Waals surface area contributed by atoms with Crippen LogP contribution in [-0.2, 0) is 0 Å². The molecule has 27 heavy (non-hydrogen) atoms. The van der Waals surface area contributed by atoms with Gasteiger partial charge >= 0.3 is 0 Å². The molecule has 7 heteroatoms. The van der Waals surface area contributed by atoms with Crippen LogP contribution in [0.1, 0.15) is 10.6 Å². The predicted molar refractivity (Wildman–Crippen MR) is 103 cm³/mol. The lowest BCUT2D eigenvalue weighted by molar-refractivity contribution is 0.0997. The number of carbonyl (C=O) groups is 1. The number of anilines is 1. The molecule has 2 aromatic heterocycles. The minimum absolute atomic E-state index is 0.165. The van der Waals surface area contributed by atoms with Crippen LogP contribution in [0, 0.1) is 10.6 Å². The number of rotatable bonds is 4. The summed E-state index contributed by atoms with van der Waals surface area (Å²) in [6, 6.07) is 16.4. The van der Waals surface area contributed by atoms with Crippen molar-refractivity contribution in [3.63, 3.8) is 0 Å². The summed E-state index contributed by atoms with van der Waals surface area (Å²) in [5.74, 6) is -0.0469. The van der Waals surface area contributed by atoms with Crippen molar-refractivity contribution in [1.82, 2.24) is 9.55 Å². The Morgan fingerprint density at radius 2 is 1.93 bits per heavy atom. The summed E-state index contributed by atoms with van der Waals surface area (Å²) >= 11 is 5.21. The molecule has 4 aromatic rings. The van der Waals surface area contributed by atoms with E-state index in [-0.39, 0.29) is 17.5 Å². The lowest BCUT2D eigenvalue weighted by Crippen LogP contribution is -2.11. The third-order valence-corrected chi connectivity index (χ3v) is 4.30. The van der Waals surface area contributed by atoms with Crippen molar-refractivity contribution >= 4 is 23.8 Å². The molecule has 0 atom stereocenters. The van der Waals surface area contributed by atoms with Crippen LogP contribution in [0.4, 0.5) is 10.1 Å². The first-order valence-corrected chi connectivity index (χ1v) is 8.54. The summed E-state index contributed by atoms with van der Waals surface area (Å²) in [6.07, 6.45) is 3.55. The maximum absolute atomic E-state index is 13.0. The molecule has 1 amide bonds. The van der Waals surface area contributed by atoms with Crippen molar-refractivity contribution in [2.45, 2.75) is 0 Å². The second kappa shape index (κ2) is 7.05. The zero-order valence-corrected chi connectivity index (χ0v) is 14.8. The summed E-state index contributed by atoms with van der Waals surface area (Å²) in [5.41, 5.74) is 2.13. The second-order valence-corrected chi connectivity index (χ2v) is 6.20. The maximum Gasteiger partial charge on any atom is 0.291 e. The van der Waals surface area contributed by atoms with Crippen LogP contribution in [0.15, 0.2) is 77.5 Å². The van der Waals surface area contributed by atoms with Crippen molar-refractivity contribution in [2.24, 2.45) is 0 Å². The number of hydrogen-bond donors (Lipinski definition) is 2. The Labute approximate surface area is 159 Å². The number of halogens is 1. The average molecular weight is 379 g/mol. The standard InChI is InChI=1S/C20H14FN3O2S/c21-14-6-4-13(5-7-14)17-8-9-18(26-17)19(25)23-15-2-1-3-16(12-15)24-11-10-22-20(24)27/h1-12H,(H,22,27)(H,23,25). The predicted octanol–water partition coefficient (Wildman–Crippen LogP) is 5.19. The molecule has 2 aromatic carbocycles.